The van der Waals surface area contributed by atoms with Gasteiger partial charge in [-0.15, -0.1) is 0 Å². The molecule has 0 amide bonds. The Labute approximate surface area is 90.2 Å². The Bertz CT molecular complexity index is 301. The minimum atomic E-state index is 0.246. The van der Waals surface area contributed by atoms with E-state index < -0.39 is 0 Å². The summed E-state index contributed by atoms with van der Waals surface area (Å²) >= 11 is 5.93. The monoisotopic (exact) mass is 213 g/mol. The Balaban J connectivity index is 3.02. The van der Waals surface area contributed by atoms with Crippen LogP contribution in [0.15, 0.2) is 18.2 Å². The second-order valence-corrected chi connectivity index (χ2v) is 3.56. The van der Waals surface area contributed by atoms with Crippen LogP contribution >= 0.6 is 11.6 Å². The van der Waals surface area contributed by atoms with Crippen molar-refractivity contribution in [3.8, 4) is 5.75 Å². The maximum absolute atomic E-state index is 5.93. The molecule has 0 bridgehead atoms. The van der Waals surface area contributed by atoms with E-state index in [0.29, 0.717) is 6.61 Å². The van der Waals surface area contributed by atoms with Gasteiger partial charge in [-0.2, -0.15) is 0 Å². The molecule has 0 aliphatic carbocycles. The summed E-state index contributed by atoms with van der Waals surface area (Å²) in [6.45, 7) is 4.72. The largest absolute Gasteiger partial charge is 0.494 e. The van der Waals surface area contributed by atoms with E-state index in [2.05, 4.69) is 12.2 Å². The van der Waals surface area contributed by atoms with Crippen molar-refractivity contribution in [2.24, 2.45) is 0 Å². The fourth-order valence-corrected chi connectivity index (χ4v) is 1.48. The Morgan fingerprint density at radius 1 is 1.50 bits per heavy atom. The normalized spacial score (nSPS) is 12.6. The minimum Gasteiger partial charge on any atom is -0.494 e. The first-order valence-electron chi connectivity index (χ1n) is 4.78. The molecular formula is C11H16ClNO. The standard InChI is InChI=1S/C11H16ClNO/c1-4-14-11-6-5-9(12)7-10(11)8(2)13-3/h5-8,13H,4H2,1-3H3. The molecule has 1 atom stereocenters. The molecule has 0 aromatic heterocycles. The van der Waals surface area contributed by atoms with Gasteiger partial charge in [0.05, 0.1) is 6.61 Å². The van der Waals surface area contributed by atoms with Crippen LogP contribution in [0.25, 0.3) is 0 Å². The van der Waals surface area contributed by atoms with Crippen molar-refractivity contribution in [2.75, 3.05) is 13.7 Å². The van der Waals surface area contributed by atoms with Crippen LogP contribution in [0.2, 0.25) is 5.02 Å². The molecule has 0 aliphatic rings. The van der Waals surface area contributed by atoms with E-state index in [1.54, 1.807) is 0 Å². The van der Waals surface area contributed by atoms with E-state index >= 15 is 0 Å². The maximum atomic E-state index is 5.93. The van der Waals surface area contributed by atoms with Crippen LogP contribution < -0.4 is 10.1 Å². The number of hydrogen-bond acceptors (Lipinski definition) is 2. The first-order chi connectivity index (χ1) is 6.69. The van der Waals surface area contributed by atoms with Crippen LogP contribution in [0, 0.1) is 0 Å². The molecule has 2 nitrogen and oxygen atoms in total. The molecule has 14 heavy (non-hydrogen) atoms. The first kappa shape index (κ1) is 11.3. The van der Waals surface area contributed by atoms with E-state index in [0.717, 1.165) is 16.3 Å². The summed E-state index contributed by atoms with van der Waals surface area (Å²) < 4.78 is 5.52. The van der Waals surface area contributed by atoms with Crippen molar-refractivity contribution < 1.29 is 4.74 Å². The van der Waals surface area contributed by atoms with Gasteiger partial charge in [-0.05, 0) is 39.1 Å². The summed E-state index contributed by atoms with van der Waals surface area (Å²) in [7, 11) is 1.92. The van der Waals surface area contributed by atoms with Crippen molar-refractivity contribution in [3.63, 3.8) is 0 Å². The van der Waals surface area contributed by atoms with E-state index in [1.807, 2.05) is 32.2 Å². The van der Waals surface area contributed by atoms with Crippen LogP contribution in [0.1, 0.15) is 25.5 Å². The van der Waals surface area contributed by atoms with Crippen molar-refractivity contribution >= 4 is 11.6 Å². The molecule has 1 unspecified atom stereocenters. The zero-order chi connectivity index (χ0) is 10.6. The third-order valence-electron chi connectivity index (χ3n) is 2.17. The fraction of sp³-hybridized carbons (Fsp3) is 0.455. The van der Waals surface area contributed by atoms with Crippen LogP contribution in [-0.2, 0) is 0 Å². The molecule has 1 aromatic carbocycles. The summed E-state index contributed by atoms with van der Waals surface area (Å²) in [5, 5.41) is 3.91. The molecule has 0 heterocycles. The Morgan fingerprint density at radius 2 is 2.21 bits per heavy atom. The number of halogens is 1. The minimum absolute atomic E-state index is 0.246. The van der Waals surface area contributed by atoms with Gasteiger partial charge in [0, 0.05) is 16.6 Å². The van der Waals surface area contributed by atoms with Gasteiger partial charge in [0.1, 0.15) is 5.75 Å². The van der Waals surface area contributed by atoms with Gasteiger partial charge in [0.15, 0.2) is 0 Å². The second-order valence-electron chi connectivity index (χ2n) is 3.13. The number of rotatable bonds is 4. The van der Waals surface area contributed by atoms with Gasteiger partial charge in [-0.1, -0.05) is 11.6 Å². The zero-order valence-electron chi connectivity index (χ0n) is 8.80. The highest BCUT2D eigenvalue weighted by Gasteiger charge is 2.10. The number of nitrogens with one attached hydrogen (secondary N) is 1. The lowest BCUT2D eigenvalue weighted by Gasteiger charge is -2.16. The smallest absolute Gasteiger partial charge is 0.124 e. The molecule has 3 heteroatoms. The predicted octanol–water partition coefficient (Wildman–Crippen LogP) is 3.02. The van der Waals surface area contributed by atoms with Gasteiger partial charge < -0.3 is 10.1 Å². The van der Waals surface area contributed by atoms with Crippen molar-refractivity contribution in [1.82, 2.24) is 5.32 Å². The predicted molar refractivity (Wildman–Crippen MR) is 60.1 cm³/mol. The Hall–Kier alpha value is -0.730. The SMILES string of the molecule is CCOc1ccc(Cl)cc1C(C)NC. The summed E-state index contributed by atoms with van der Waals surface area (Å²) in [5.41, 5.74) is 1.10. The third-order valence-corrected chi connectivity index (χ3v) is 2.41. The number of hydrogen-bond donors (Lipinski definition) is 1. The average molecular weight is 214 g/mol. The fourth-order valence-electron chi connectivity index (χ4n) is 1.30. The molecule has 1 aromatic rings. The van der Waals surface area contributed by atoms with Gasteiger partial charge in [0.2, 0.25) is 0 Å². The van der Waals surface area contributed by atoms with E-state index in [1.165, 1.54) is 0 Å². The van der Waals surface area contributed by atoms with E-state index in [9.17, 15) is 0 Å². The molecular weight excluding hydrogens is 198 g/mol. The number of benzene rings is 1. The topological polar surface area (TPSA) is 21.3 Å². The molecule has 0 radical (unpaired) electrons. The quantitative estimate of drug-likeness (QED) is 0.830. The summed E-state index contributed by atoms with van der Waals surface area (Å²) in [6, 6.07) is 5.94. The highest BCUT2D eigenvalue weighted by molar-refractivity contribution is 6.30. The lowest BCUT2D eigenvalue weighted by Crippen LogP contribution is -2.13. The molecule has 1 N–H and O–H groups in total. The molecule has 0 saturated carbocycles. The summed E-state index contributed by atoms with van der Waals surface area (Å²) in [6.07, 6.45) is 0. The third kappa shape index (κ3) is 2.63. The van der Waals surface area contributed by atoms with Gasteiger partial charge >= 0.3 is 0 Å². The second kappa shape index (κ2) is 5.23. The Kier molecular flexibility index (Phi) is 4.23. The summed E-state index contributed by atoms with van der Waals surface area (Å²) in [4.78, 5) is 0. The first-order valence-corrected chi connectivity index (χ1v) is 5.16. The van der Waals surface area contributed by atoms with Crippen LogP contribution in [0.5, 0.6) is 5.75 Å². The average Bonchev–Trinajstić information content (AvgIpc) is 2.20. The molecule has 0 aliphatic heterocycles. The molecule has 0 saturated heterocycles. The lowest BCUT2D eigenvalue weighted by molar-refractivity contribution is 0.333. The Morgan fingerprint density at radius 3 is 2.79 bits per heavy atom. The highest BCUT2D eigenvalue weighted by atomic mass is 35.5. The van der Waals surface area contributed by atoms with Crippen molar-refractivity contribution in [2.45, 2.75) is 19.9 Å². The van der Waals surface area contributed by atoms with Crippen molar-refractivity contribution in [3.05, 3.63) is 28.8 Å². The van der Waals surface area contributed by atoms with E-state index in [4.69, 9.17) is 16.3 Å². The van der Waals surface area contributed by atoms with Gasteiger partial charge in [-0.25, -0.2) is 0 Å². The number of ether oxygens (including phenoxy) is 1. The van der Waals surface area contributed by atoms with E-state index in [-0.39, 0.29) is 6.04 Å². The van der Waals surface area contributed by atoms with Crippen molar-refractivity contribution in [1.29, 1.82) is 0 Å². The van der Waals surface area contributed by atoms with Crippen LogP contribution in [0.3, 0.4) is 0 Å². The zero-order valence-corrected chi connectivity index (χ0v) is 9.56. The van der Waals surface area contributed by atoms with Crippen LogP contribution in [0.4, 0.5) is 0 Å². The molecule has 78 valence electrons. The molecule has 1 rings (SSSR count). The summed E-state index contributed by atoms with van der Waals surface area (Å²) in [5.74, 6) is 0.902. The molecule has 0 fully saturated rings. The lowest BCUT2D eigenvalue weighted by atomic mass is 10.1. The van der Waals surface area contributed by atoms with Gasteiger partial charge in [-0.3, -0.25) is 0 Å². The van der Waals surface area contributed by atoms with Crippen LogP contribution in [-0.4, -0.2) is 13.7 Å². The van der Waals surface area contributed by atoms with Gasteiger partial charge in [0.25, 0.3) is 0 Å². The highest BCUT2D eigenvalue weighted by Crippen LogP contribution is 2.28. The maximum Gasteiger partial charge on any atom is 0.124 e. The molecule has 0 spiro atoms.